The van der Waals surface area contributed by atoms with Crippen molar-refractivity contribution in [2.45, 2.75) is 47.5 Å². The molecule has 0 saturated carbocycles. The highest BCUT2D eigenvalue weighted by Gasteiger charge is 2.10. The molecular weight excluding hydrogens is 420 g/mol. The maximum Gasteiger partial charge on any atom is 0.134 e. The molecule has 3 heterocycles. The van der Waals surface area contributed by atoms with Gasteiger partial charge in [-0.25, -0.2) is 9.97 Å². The first-order valence-electron chi connectivity index (χ1n) is 12.2. The van der Waals surface area contributed by atoms with Gasteiger partial charge in [0.15, 0.2) is 0 Å². The van der Waals surface area contributed by atoms with Crippen LogP contribution in [0, 0.1) is 6.92 Å². The summed E-state index contributed by atoms with van der Waals surface area (Å²) in [7, 11) is 0. The third-order valence-electron chi connectivity index (χ3n) is 5.40. The van der Waals surface area contributed by atoms with Gasteiger partial charge in [-0.1, -0.05) is 46.4 Å². The number of rotatable bonds is 9. The zero-order chi connectivity index (χ0) is 24.5. The van der Waals surface area contributed by atoms with E-state index in [-0.39, 0.29) is 1.43 Å². The smallest absolute Gasteiger partial charge is 0.134 e. The van der Waals surface area contributed by atoms with Crippen LogP contribution in [-0.2, 0) is 0 Å². The van der Waals surface area contributed by atoms with E-state index < -0.39 is 0 Å². The van der Waals surface area contributed by atoms with Crippen LogP contribution in [0.3, 0.4) is 0 Å². The van der Waals surface area contributed by atoms with Gasteiger partial charge in [0.2, 0.25) is 0 Å². The van der Waals surface area contributed by atoms with Gasteiger partial charge in [0.05, 0.1) is 5.52 Å². The van der Waals surface area contributed by atoms with Crippen LogP contribution in [0.5, 0.6) is 0 Å². The molecule has 5 nitrogen and oxygen atoms in total. The molecule has 0 aliphatic rings. The van der Waals surface area contributed by atoms with Gasteiger partial charge >= 0.3 is 0 Å². The number of pyridine rings is 2. The molecule has 0 atom stereocenters. The lowest BCUT2D eigenvalue weighted by Gasteiger charge is -2.23. The molecule has 0 unspecified atom stereocenters. The highest BCUT2D eigenvalue weighted by molar-refractivity contribution is 5.86. The fourth-order valence-electron chi connectivity index (χ4n) is 3.82. The maximum absolute atomic E-state index is 5.77. The average Bonchev–Trinajstić information content (AvgIpc) is 3.31. The Hall–Kier alpha value is -3.60. The monoisotopic (exact) mass is 458 g/mol. The Morgan fingerprint density at radius 2 is 1.74 bits per heavy atom. The van der Waals surface area contributed by atoms with Crippen molar-refractivity contribution in [1.82, 2.24) is 9.97 Å². The van der Waals surface area contributed by atoms with Crippen molar-refractivity contribution in [2.24, 2.45) is 0 Å². The topological polar surface area (TPSA) is 54.2 Å². The van der Waals surface area contributed by atoms with Crippen molar-refractivity contribution in [3.8, 4) is 11.3 Å². The number of hydrogen-bond donors (Lipinski definition) is 1. The van der Waals surface area contributed by atoms with Crippen LogP contribution in [0.2, 0.25) is 0 Å². The zero-order valence-electron chi connectivity index (χ0n) is 21.1. The van der Waals surface area contributed by atoms with Gasteiger partial charge in [0.1, 0.15) is 23.2 Å². The van der Waals surface area contributed by atoms with Crippen molar-refractivity contribution < 1.29 is 5.84 Å². The molecule has 1 aromatic carbocycles. The van der Waals surface area contributed by atoms with Crippen LogP contribution in [0.25, 0.3) is 27.9 Å². The Kier molecular flexibility index (Phi) is 8.86. The second-order valence-electron chi connectivity index (χ2n) is 8.01. The van der Waals surface area contributed by atoms with Crippen LogP contribution < -0.4 is 10.2 Å². The van der Waals surface area contributed by atoms with Crippen LogP contribution in [-0.4, -0.2) is 23.1 Å². The van der Waals surface area contributed by atoms with E-state index in [4.69, 9.17) is 9.40 Å². The standard InChI is InChI=1S/C27H30N4O.C2H6.H2/c1-5-15-31(16-6-2)27-18-22(13-14-28-27)20(4)29-26-12-10-21-8-9-23(17-24(21)30-26)25-11-7-19(3)32-25;1-2;/h7-14,17-18H,4-6,15-16H2,1-3H3,(H,29,30);1-2H3;1H. The summed E-state index contributed by atoms with van der Waals surface area (Å²) in [4.78, 5) is 11.7. The molecule has 0 bridgehead atoms. The van der Waals surface area contributed by atoms with Crippen molar-refractivity contribution in [1.29, 1.82) is 0 Å². The number of hydrogen-bond acceptors (Lipinski definition) is 5. The number of furan rings is 1. The molecule has 0 amide bonds. The highest BCUT2D eigenvalue weighted by Crippen LogP contribution is 2.27. The van der Waals surface area contributed by atoms with E-state index in [1.807, 2.05) is 51.2 Å². The molecule has 4 aromatic rings. The number of nitrogens with zero attached hydrogens (tertiary/aromatic N) is 3. The number of nitrogens with one attached hydrogen (secondary N) is 1. The fourth-order valence-corrected chi connectivity index (χ4v) is 3.82. The Labute approximate surface area is 205 Å². The van der Waals surface area contributed by atoms with Gasteiger partial charge in [-0.3, -0.25) is 0 Å². The molecule has 0 aliphatic heterocycles. The number of aromatic nitrogens is 2. The van der Waals surface area contributed by atoms with E-state index in [1.165, 1.54) is 0 Å². The summed E-state index contributed by atoms with van der Waals surface area (Å²) in [6, 6.07) is 18.3. The molecule has 1 N–H and O–H groups in total. The van der Waals surface area contributed by atoms with Gasteiger partial charge < -0.3 is 14.6 Å². The lowest BCUT2D eigenvalue weighted by Crippen LogP contribution is -2.25. The van der Waals surface area contributed by atoms with Crippen molar-refractivity contribution >= 4 is 28.2 Å². The third kappa shape index (κ3) is 6.04. The quantitative estimate of drug-likeness (QED) is 0.274. The summed E-state index contributed by atoms with van der Waals surface area (Å²) in [5, 5.41) is 4.45. The molecule has 0 saturated heterocycles. The Morgan fingerprint density at radius 3 is 2.41 bits per heavy atom. The number of fused-ring (bicyclic) bond motifs is 1. The van der Waals surface area contributed by atoms with E-state index in [2.05, 4.69) is 66.0 Å². The molecule has 34 heavy (non-hydrogen) atoms. The predicted molar refractivity (Wildman–Crippen MR) is 147 cm³/mol. The zero-order valence-corrected chi connectivity index (χ0v) is 21.1. The van der Waals surface area contributed by atoms with Gasteiger partial charge in [-0.2, -0.15) is 0 Å². The molecule has 5 heteroatoms. The first kappa shape index (κ1) is 25.0. The Morgan fingerprint density at radius 1 is 1.00 bits per heavy atom. The fraction of sp³-hybridized carbons (Fsp3) is 0.310. The first-order valence-corrected chi connectivity index (χ1v) is 12.2. The second-order valence-corrected chi connectivity index (χ2v) is 8.01. The first-order chi connectivity index (χ1) is 16.6. The summed E-state index contributed by atoms with van der Waals surface area (Å²) in [5.74, 6) is 3.49. The van der Waals surface area contributed by atoms with Gasteiger partial charge in [0.25, 0.3) is 0 Å². The van der Waals surface area contributed by atoms with Crippen molar-refractivity contribution in [3.05, 3.63) is 78.7 Å². The molecule has 0 aliphatic carbocycles. The lowest BCUT2D eigenvalue weighted by atomic mass is 10.1. The Balaban J connectivity index is 0.00000140. The van der Waals surface area contributed by atoms with Crippen LogP contribution >= 0.6 is 0 Å². The molecule has 4 rings (SSSR count). The molecule has 0 radical (unpaired) electrons. The minimum atomic E-state index is 0. The second kappa shape index (κ2) is 12.0. The van der Waals surface area contributed by atoms with E-state index in [9.17, 15) is 0 Å². The summed E-state index contributed by atoms with van der Waals surface area (Å²) >= 11 is 0. The third-order valence-corrected chi connectivity index (χ3v) is 5.40. The van der Waals surface area contributed by atoms with Gasteiger partial charge in [-0.05, 0) is 62.2 Å². The van der Waals surface area contributed by atoms with Crippen LogP contribution in [0.4, 0.5) is 11.6 Å². The molecular formula is C29H38N4O. The summed E-state index contributed by atoms with van der Waals surface area (Å²) in [5.41, 5.74) is 3.72. The van der Waals surface area contributed by atoms with E-state index >= 15 is 0 Å². The van der Waals surface area contributed by atoms with Crippen molar-refractivity contribution in [2.75, 3.05) is 23.3 Å². The minimum absolute atomic E-state index is 0. The summed E-state index contributed by atoms with van der Waals surface area (Å²) in [6.07, 6.45) is 4.03. The van der Waals surface area contributed by atoms with E-state index in [0.29, 0.717) is 0 Å². The molecule has 180 valence electrons. The largest absolute Gasteiger partial charge is 0.461 e. The van der Waals surface area contributed by atoms with Crippen LogP contribution in [0.15, 0.2) is 71.8 Å². The SMILES string of the molecule is C=C(Nc1ccc2ccc(-c3ccc(C)o3)cc2n1)c1ccnc(N(CCC)CCC)c1.CC.[HH]. The number of aryl methyl sites for hydroxylation is 1. The minimum Gasteiger partial charge on any atom is -0.461 e. The predicted octanol–water partition coefficient (Wildman–Crippen LogP) is 8.18. The van der Waals surface area contributed by atoms with Crippen molar-refractivity contribution in [3.63, 3.8) is 0 Å². The highest BCUT2D eigenvalue weighted by atomic mass is 16.3. The van der Waals surface area contributed by atoms with Gasteiger partial charge in [0, 0.05) is 42.9 Å². The number of benzene rings is 1. The molecule has 0 spiro atoms. The van der Waals surface area contributed by atoms with Gasteiger partial charge in [-0.15, -0.1) is 0 Å². The maximum atomic E-state index is 5.77. The van der Waals surface area contributed by atoms with Crippen LogP contribution in [0.1, 0.15) is 53.3 Å². The van der Waals surface area contributed by atoms with E-state index in [0.717, 1.165) is 76.8 Å². The molecule has 0 fully saturated rings. The summed E-state index contributed by atoms with van der Waals surface area (Å²) in [6.45, 7) is 16.6. The average molecular weight is 459 g/mol. The number of anilines is 2. The molecule has 3 aromatic heterocycles. The lowest BCUT2D eigenvalue weighted by molar-refractivity contribution is 0.548. The summed E-state index contributed by atoms with van der Waals surface area (Å²) < 4.78 is 5.77. The van der Waals surface area contributed by atoms with E-state index in [1.54, 1.807) is 0 Å². The Bertz CT molecular complexity index is 1230. The normalized spacial score (nSPS) is 10.5.